The van der Waals surface area contributed by atoms with E-state index in [0.717, 1.165) is 151 Å². The smallest absolute Gasteiger partial charge is 0.303 e. The number of carbonyl (C=O) groups is 5. The number of nitrogens with one attached hydrogen (secondary N) is 5. The van der Waals surface area contributed by atoms with Crippen LogP contribution in [0.4, 0.5) is 39.5 Å². The Bertz CT molecular complexity index is 6840. The number of H-pyrrole nitrogens is 5. The van der Waals surface area contributed by atoms with Crippen LogP contribution in [0.15, 0.2) is 123 Å². The summed E-state index contributed by atoms with van der Waals surface area (Å²) in [5.74, 6) is -8.83. The standard InChI is InChI=1S/C22H24ClFN4O2.2C20H20F2N4O2.2C19H18F2N4O2/c1-22(5-3-2-4-6-22)13(8-19(29)30)7-18-17(24)12-27-21(28-18)16-11-26-20-15(16)9-14(23)10-25-20;2*1-20(3-2-4-20)11(6-17(27)28)5-16-15(22)10-25-19(26-16)14-9-24-18-13(14)7-12(21)8-23-18;2*1-19(2-3-19)10(5-16(26)27)4-15-14(21)9-24-18(25-15)13-8-23-17-12(13)6-11(20)7-22-17/h9-13H,2-8H2,1H3,(H,25,26)(H,29,30);2*7-11H,2-6H2,1H3,(H,23,24)(H,27,28);2*6-10H,2-5H2,1H3,(H,22,23)(H,26,27)/t;2*11-;2*10-/m.1010/s1. The van der Waals surface area contributed by atoms with Crippen molar-refractivity contribution in [1.82, 2.24) is 99.7 Å². The fourth-order valence-corrected chi connectivity index (χ4v) is 19.7. The van der Waals surface area contributed by atoms with Crippen LogP contribution in [-0.2, 0) is 56.1 Å². The lowest BCUT2D eigenvalue weighted by Gasteiger charge is -2.44. The molecule has 5 aliphatic rings. The molecule has 0 spiro atoms. The number of carboxylic acid groups (broad SMARTS) is 5. The number of carboxylic acids is 5. The SMILES string of the molecule is CC1(C(CC(=O)O)Cc2nc(-c3c[nH]c4ncc(Cl)cc34)ncc2F)CCCCC1.CC1([C@@H](CC(=O)O)Cc2nc(-c3c[nH]c4ncc(F)cc34)ncc2F)CC1.CC1([C@@H](CC(=O)O)Cc2nc(-c3c[nH]c4ncc(F)cc34)ncc2F)CCC1.CC1([C@H](CC(=O)O)Cc2nc(-c3c[nH]c4ncc(F)cc34)ncc2F)CC1.CC1([C@H](CC(=O)O)Cc2nc(-c3c[nH]c4ncc(F)cc34)ncc2F)CCC1. The molecule has 0 saturated heterocycles. The van der Waals surface area contributed by atoms with E-state index < -0.39 is 82.2 Å². The van der Waals surface area contributed by atoms with Crippen LogP contribution in [0.25, 0.3) is 112 Å². The number of hydrogen-bond acceptors (Lipinski definition) is 20. The summed E-state index contributed by atoms with van der Waals surface area (Å²) in [5.41, 5.74) is 5.75. The molecule has 20 rings (SSSR count). The number of rotatable bonds is 30. The number of nitrogens with zero attached hydrogens (tertiary/aromatic N) is 15. The molecule has 5 aliphatic carbocycles. The molecule has 30 nitrogen and oxygen atoms in total. The fraction of sp³-hybridized carbons (Fsp3) is 0.400. The Hall–Kier alpha value is -14.1. The lowest BCUT2D eigenvalue weighted by molar-refractivity contribution is -0.141. The van der Waals surface area contributed by atoms with E-state index in [1.54, 1.807) is 43.2 Å². The molecule has 1 unspecified atom stereocenters. The van der Waals surface area contributed by atoms with Gasteiger partial charge in [-0.15, -0.1) is 0 Å². The zero-order valence-corrected chi connectivity index (χ0v) is 77.6. The highest BCUT2D eigenvalue weighted by Gasteiger charge is 2.48. The predicted molar refractivity (Wildman–Crippen MR) is 497 cm³/mol. The minimum absolute atomic E-state index is 0.00187. The number of halogens is 10. The lowest BCUT2D eigenvalue weighted by atomic mass is 9.60. The maximum atomic E-state index is 14.7. The number of fused-ring (bicyclic) bond motifs is 5. The van der Waals surface area contributed by atoms with E-state index in [2.05, 4.69) is 120 Å². The van der Waals surface area contributed by atoms with Crippen LogP contribution in [-0.4, -0.2) is 155 Å². The van der Waals surface area contributed by atoms with Crippen molar-refractivity contribution in [3.05, 3.63) is 209 Å². The normalized spacial score (nSPS) is 16.7. The third-order valence-electron chi connectivity index (χ3n) is 29.1. The zero-order valence-electron chi connectivity index (χ0n) is 76.9. The summed E-state index contributed by atoms with van der Waals surface area (Å²) in [6.45, 7) is 10.3. The first kappa shape index (κ1) is 98.9. The minimum Gasteiger partial charge on any atom is -0.481 e. The summed E-state index contributed by atoms with van der Waals surface area (Å²) in [5, 5.41) is 49.7. The second-order valence-electron chi connectivity index (χ2n) is 38.7. The van der Waals surface area contributed by atoms with Crippen molar-refractivity contribution in [2.45, 2.75) is 195 Å². The third kappa shape index (κ3) is 22.7. The van der Waals surface area contributed by atoms with Gasteiger partial charge >= 0.3 is 29.8 Å². The van der Waals surface area contributed by atoms with E-state index in [-0.39, 0.29) is 173 Å². The first-order valence-electron chi connectivity index (χ1n) is 46.1. The molecule has 0 aliphatic heterocycles. The highest BCUT2D eigenvalue weighted by molar-refractivity contribution is 6.31. The van der Waals surface area contributed by atoms with E-state index in [1.807, 2.05) is 13.8 Å². The first-order chi connectivity index (χ1) is 66.8. The van der Waals surface area contributed by atoms with Gasteiger partial charge in [-0.1, -0.05) is 78.3 Å². The van der Waals surface area contributed by atoms with Gasteiger partial charge in [0.05, 0.1) is 89.3 Å². The van der Waals surface area contributed by atoms with Gasteiger partial charge in [-0.25, -0.2) is 114 Å². The number of hydrogen-bond donors (Lipinski definition) is 10. The van der Waals surface area contributed by atoms with Crippen LogP contribution in [0, 0.1) is 109 Å². The second kappa shape index (κ2) is 41.1. The average Bonchev–Trinajstić information content (AvgIpc) is 1.32. The monoisotopic (exact) mass is 1950 g/mol. The maximum Gasteiger partial charge on any atom is 0.303 e. The molecular formula is C100H100ClF9N20O10. The van der Waals surface area contributed by atoms with Crippen molar-refractivity contribution in [1.29, 1.82) is 0 Å². The van der Waals surface area contributed by atoms with Gasteiger partial charge in [-0.05, 0) is 183 Å². The average molecular weight is 1950 g/mol. The van der Waals surface area contributed by atoms with Crippen LogP contribution >= 0.6 is 11.6 Å². The van der Waals surface area contributed by atoms with Gasteiger partial charge in [0.15, 0.2) is 58.2 Å². The van der Waals surface area contributed by atoms with Crippen molar-refractivity contribution in [3.8, 4) is 56.9 Å². The fourth-order valence-electron chi connectivity index (χ4n) is 19.5. The van der Waals surface area contributed by atoms with Gasteiger partial charge in [0.2, 0.25) is 0 Å². The molecule has 730 valence electrons. The number of aliphatic carboxylic acids is 5. The van der Waals surface area contributed by atoms with E-state index in [1.165, 1.54) is 30.7 Å². The molecule has 0 bridgehead atoms. The predicted octanol–water partition coefficient (Wildman–Crippen LogP) is 21.1. The molecular weight excluding hydrogens is 1850 g/mol. The molecule has 0 aromatic carbocycles. The summed E-state index contributed by atoms with van der Waals surface area (Å²) < 4.78 is 127. The van der Waals surface area contributed by atoms with Gasteiger partial charge in [0.25, 0.3) is 0 Å². The topological polar surface area (TPSA) is 459 Å². The van der Waals surface area contributed by atoms with Gasteiger partial charge in [0.1, 0.15) is 51.5 Å². The first-order valence-corrected chi connectivity index (χ1v) is 46.5. The van der Waals surface area contributed by atoms with Crippen LogP contribution < -0.4 is 0 Å². The number of aromatic amines is 5. The summed E-state index contributed by atoms with van der Waals surface area (Å²) >= 11 is 6.08. The van der Waals surface area contributed by atoms with Gasteiger partial charge in [-0.2, -0.15) is 0 Å². The Morgan fingerprint density at radius 2 is 0.486 bits per heavy atom. The molecule has 5 saturated carbocycles. The van der Waals surface area contributed by atoms with E-state index in [0.29, 0.717) is 88.4 Å². The van der Waals surface area contributed by atoms with E-state index in [4.69, 9.17) is 11.6 Å². The lowest BCUT2D eigenvalue weighted by Crippen LogP contribution is -2.37. The molecule has 140 heavy (non-hydrogen) atoms. The molecule has 5 fully saturated rings. The highest BCUT2D eigenvalue weighted by atomic mass is 35.5. The van der Waals surface area contributed by atoms with Crippen molar-refractivity contribution in [3.63, 3.8) is 0 Å². The third-order valence-corrected chi connectivity index (χ3v) is 29.3. The van der Waals surface area contributed by atoms with Gasteiger partial charge in [-0.3, -0.25) is 24.0 Å². The molecule has 15 aromatic rings. The quantitative estimate of drug-likeness (QED) is 0.0187. The Labute approximate surface area is 799 Å². The Balaban J connectivity index is 0.000000126. The molecule has 0 radical (unpaired) electrons. The summed E-state index contributed by atoms with van der Waals surface area (Å²) in [4.78, 5) is 134. The molecule has 15 aromatic heterocycles. The van der Waals surface area contributed by atoms with Crippen molar-refractivity contribution in [2.75, 3.05) is 0 Å². The summed E-state index contributed by atoms with van der Waals surface area (Å²) in [6.07, 6.45) is 35.4. The number of pyridine rings is 5. The maximum absolute atomic E-state index is 14.7. The summed E-state index contributed by atoms with van der Waals surface area (Å²) in [6, 6.07) is 7.04. The van der Waals surface area contributed by atoms with Crippen LogP contribution in [0.2, 0.25) is 5.02 Å². The van der Waals surface area contributed by atoms with Crippen LogP contribution in [0.5, 0.6) is 0 Å². The second-order valence-corrected chi connectivity index (χ2v) is 39.2. The van der Waals surface area contributed by atoms with Crippen molar-refractivity contribution < 1.29 is 89.0 Å². The largest absolute Gasteiger partial charge is 0.481 e. The summed E-state index contributed by atoms with van der Waals surface area (Å²) in [7, 11) is 0. The van der Waals surface area contributed by atoms with Crippen molar-refractivity contribution >= 4 is 96.6 Å². The van der Waals surface area contributed by atoms with Gasteiger partial charge in [0, 0.05) is 124 Å². The molecule has 0 amide bonds. The van der Waals surface area contributed by atoms with E-state index >= 15 is 0 Å². The van der Waals surface area contributed by atoms with Crippen LogP contribution in [0.3, 0.4) is 0 Å². The van der Waals surface area contributed by atoms with Gasteiger partial charge < -0.3 is 50.5 Å². The Morgan fingerprint density at radius 1 is 0.286 bits per heavy atom. The molecule has 40 heteroatoms. The number of aromatic nitrogens is 20. The van der Waals surface area contributed by atoms with Crippen molar-refractivity contribution in [2.24, 2.45) is 56.7 Å². The zero-order chi connectivity index (χ0) is 99.4. The Morgan fingerprint density at radius 3 is 0.686 bits per heavy atom. The molecule has 10 N–H and O–H groups in total. The van der Waals surface area contributed by atoms with E-state index in [9.17, 15) is 89.0 Å². The van der Waals surface area contributed by atoms with Crippen LogP contribution in [0.1, 0.15) is 192 Å². The molecule has 15 heterocycles. The minimum atomic E-state index is -0.902. The highest BCUT2D eigenvalue weighted by Crippen LogP contribution is 2.56. The molecule has 5 atom stereocenters. The Kier molecular flexibility index (Phi) is 29.0.